The zero-order valence-corrected chi connectivity index (χ0v) is 9.92. The largest absolute Gasteiger partial charge is 0.384 e. The second-order valence-corrected chi connectivity index (χ2v) is 3.56. The molecular weight excluding hydrogens is 218 g/mol. The number of ether oxygens (including phenoxy) is 1. The first kappa shape index (κ1) is 11.5. The first-order chi connectivity index (χ1) is 8.24. The van der Waals surface area contributed by atoms with Gasteiger partial charge in [-0.1, -0.05) is 0 Å². The first-order valence-corrected chi connectivity index (χ1v) is 5.38. The first-order valence-electron chi connectivity index (χ1n) is 5.38. The molecule has 0 unspecified atom stereocenters. The Balaban J connectivity index is 2.44. The highest BCUT2D eigenvalue weighted by atomic mass is 16.5. The van der Waals surface area contributed by atoms with Crippen LogP contribution in [0.25, 0.3) is 11.5 Å². The van der Waals surface area contributed by atoms with Crippen LogP contribution in [0, 0.1) is 0 Å². The van der Waals surface area contributed by atoms with E-state index >= 15 is 0 Å². The molecule has 0 radical (unpaired) electrons. The SMILES string of the molecule is CCn1ccnc1-c1cc(N)nc(COC)n1. The van der Waals surface area contributed by atoms with Crippen molar-refractivity contribution in [1.82, 2.24) is 19.5 Å². The summed E-state index contributed by atoms with van der Waals surface area (Å²) in [5.74, 6) is 1.78. The van der Waals surface area contributed by atoms with Gasteiger partial charge in [-0.05, 0) is 6.92 Å². The average Bonchev–Trinajstić information content (AvgIpc) is 2.76. The summed E-state index contributed by atoms with van der Waals surface area (Å²) in [6, 6.07) is 1.72. The molecule has 6 heteroatoms. The lowest BCUT2D eigenvalue weighted by Crippen LogP contribution is -2.05. The highest BCUT2D eigenvalue weighted by Gasteiger charge is 2.09. The van der Waals surface area contributed by atoms with Gasteiger partial charge in [0.1, 0.15) is 18.1 Å². The van der Waals surface area contributed by atoms with Crippen LogP contribution in [0.5, 0.6) is 0 Å². The second-order valence-electron chi connectivity index (χ2n) is 3.56. The lowest BCUT2D eigenvalue weighted by atomic mass is 10.3. The van der Waals surface area contributed by atoms with Crippen LogP contribution < -0.4 is 5.73 Å². The van der Waals surface area contributed by atoms with Crippen molar-refractivity contribution >= 4 is 5.82 Å². The number of nitrogens with zero attached hydrogens (tertiary/aromatic N) is 4. The highest BCUT2D eigenvalue weighted by Crippen LogP contribution is 2.17. The van der Waals surface area contributed by atoms with E-state index in [9.17, 15) is 0 Å². The standard InChI is InChI=1S/C11H15N5O/c1-3-16-5-4-13-11(16)8-6-9(12)15-10(14-8)7-17-2/h4-6H,3,7H2,1-2H3,(H2,12,14,15). The summed E-state index contributed by atoms with van der Waals surface area (Å²) in [4.78, 5) is 12.7. The zero-order valence-electron chi connectivity index (χ0n) is 9.92. The lowest BCUT2D eigenvalue weighted by molar-refractivity contribution is 0.178. The van der Waals surface area contributed by atoms with Crippen molar-refractivity contribution in [2.24, 2.45) is 0 Å². The van der Waals surface area contributed by atoms with Crippen LogP contribution >= 0.6 is 0 Å². The fourth-order valence-corrected chi connectivity index (χ4v) is 1.62. The van der Waals surface area contributed by atoms with Gasteiger partial charge in [-0.15, -0.1) is 0 Å². The van der Waals surface area contributed by atoms with E-state index in [4.69, 9.17) is 10.5 Å². The van der Waals surface area contributed by atoms with Crippen molar-refractivity contribution in [2.45, 2.75) is 20.1 Å². The number of rotatable bonds is 4. The number of anilines is 1. The minimum Gasteiger partial charge on any atom is -0.384 e. The molecule has 2 aromatic rings. The molecule has 6 nitrogen and oxygen atoms in total. The summed E-state index contributed by atoms with van der Waals surface area (Å²) in [5.41, 5.74) is 6.46. The third-order valence-electron chi connectivity index (χ3n) is 2.35. The third-order valence-corrected chi connectivity index (χ3v) is 2.35. The number of hydrogen-bond donors (Lipinski definition) is 1. The quantitative estimate of drug-likeness (QED) is 0.855. The van der Waals surface area contributed by atoms with Gasteiger partial charge in [0, 0.05) is 32.1 Å². The Labute approximate surface area is 99.5 Å². The molecule has 0 aliphatic carbocycles. The van der Waals surface area contributed by atoms with Crippen molar-refractivity contribution in [3.8, 4) is 11.5 Å². The van der Waals surface area contributed by atoms with Crippen LogP contribution in [0.3, 0.4) is 0 Å². The molecule has 2 rings (SSSR count). The van der Waals surface area contributed by atoms with Gasteiger partial charge in [0.15, 0.2) is 11.6 Å². The summed E-state index contributed by atoms with van der Waals surface area (Å²) >= 11 is 0. The van der Waals surface area contributed by atoms with Gasteiger partial charge in [0.25, 0.3) is 0 Å². The Morgan fingerprint density at radius 3 is 2.94 bits per heavy atom. The molecule has 2 N–H and O–H groups in total. The van der Waals surface area contributed by atoms with Gasteiger partial charge in [-0.25, -0.2) is 15.0 Å². The molecule has 0 amide bonds. The molecule has 0 saturated carbocycles. The zero-order chi connectivity index (χ0) is 12.3. The van der Waals surface area contributed by atoms with Crippen molar-refractivity contribution in [3.63, 3.8) is 0 Å². The summed E-state index contributed by atoms with van der Waals surface area (Å²) in [6.45, 7) is 3.22. The number of nitrogen functional groups attached to an aromatic ring is 1. The molecule has 0 spiro atoms. The van der Waals surface area contributed by atoms with Crippen molar-refractivity contribution in [3.05, 3.63) is 24.3 Å². The Morgan fingerprint density at radius 1 is 1.41 bits per heavy atom. The minimum absolute atomic E-state index is 0.338. The van der Waals surface area contributed by atoms with Crippen molar-refractivity contribution in [1.29, 1.82) is 0 Å². The molecule has 0 aliphatic heterocycles. The van der Waals surface area contributed by atoms with Crippen molar-refractivity contribution < 1.29 is 4.74 Å². The molecule has 0 aliphatic rings. The van der Waals surface area contributed by atoms with Crippen LogP contribution in [0.4, 0.5) is 5.82 Å². The molecule has 90 valence electrons. The monoisotopic (exact) mass is 233 g/mol. The topological polar surface area (TPSA) is 78.9 Å². The molecule has 17 heavy (non-hydrogen) atoms. The number of nitrogens with two attached hydrogens (primary N) is 1. The maximum absolute atomic E-state index is 5.74. The van der Waals surface area contributed by atoms with Crippen LogP contribution in [0.15, 0.2) is 18.5 Å². The molecule has 0 atom stereocenters. The number of imidazole rings is 1. The molecule has 2 aromatic heterocycles. The van der Waals surface area contributed by atoms with Gasteiger partial charge in [-0.2, -0.15) is 0 Å². The molecule has 2 heterocycles. The van der Waals surface area contributed by atoms with Crippen LogP contribution in [0.2, 0.25) is 0 Å². The Morgan fingerprint density at radius 2 is 2.24 bits per heavy atom. The van der Waals surface area contributed by atoms with Crippen LogP contribution in [-0.4, -0.2) is 26.6 Å². The lowest BCUT2D eigenvalue weighted by Gasteiger charge is -2.06. The fourth-order valence-electron chi connectivity index (χ4n) is 1.62. The molecule has 0 bridgehead atoms. The summed E-state index contributed by atoms with van der Waals surface area (Å²) in [5, 5.41) is 0. The van der Waals surface area contributed by atoms with Gasteiger partial charge < -0.3 is 15.0 Å². The van der Waals surface area contributed by atoms with Gasteiger partial charge in [0.2, 0.25) is 0 Å². The predicted molar refractivity (Wildman–Crippen MR) is 64.1 cm³/mol. The Bertz CT molecular complexity index is 508. The van der Waals surface area contributed by atoms with Gasteiger partial charge in [0.05, 0.1) is 0 Å². The highest BCUT2D eigenvalue weighted by molar-refractivity contribution is 5.54. The molecule has 0 fully saturated rings. The van der Waals surface area contributed by atoms with E-state index in [0.29, 0.717) is 18.2 Å². The van der Waals surface area contributed by atoms with Crippen molar-refractivity contribution in [2.75, 3.05) is 12.8 Å². The van der Waals surface area contributed by atoms with E-state index in [1.165, 1.54) is 0 Å². The average molecular weight is 233 g/mol. The van der Waals surface area contributed by atoms with Crippen LogP contribution in [0.1, 0.15) is 12.7 Å². The van der Waals surface area contributed by atoms with E-state index in [-0.39, 0.29) is 0 Å². The maximum Gasteiger partial charge on any atom is 0.158 e. The minimum atomic E-state index is 0.338. The maximum atomic E-state index is 5.74. The van der Waals surface area contributed by atoms with E-state index in [1.54, 1.807) is 19.4 Å². The summed E-state index contributed by atoms with van der Waals surface area (Å²) in [6.07, 6.45) is 3.65. The number of methoxy groups -OCH3 is 1. The summed E-state index contributed by atoms with van der Waals surface area (Å²) in [7, 11) is 1.60. The molecule has 0 saturated heterocycles. The fraction of sp³-hybridized carbons (Fsp3) is 0.364. The smallest absolute Gasteiger partial charge is 0.158 e. The number of aromatic nitrogens is 4. The van der Waals surface area contributed by atoms with E-state index in [0.717, 1.165) is 18.1 Å². The molecular formula is C11H15N5O. The Hall–Kier alpha value is -1.95. The van der Waals surface area contributed by atoms with Crippen LogP contribution in [-0.2, 0) is 17.9 Å². The second kappa shape index (κ2) is 4.92. The normalized spacial score (nSPS) is 10.7. The van der Waals surface area contributed by atoms with E-state index in [2.05, 4.69) is 15.0 Å². The predicted octanol–water partition coefficient (Wildman–Crippen LogP) is 1.09. The van der Waals surface area contributed by atoms with E-state index in [1.807, 2.05) is 17.7 Å². The summed E-state index contributed by atoms with van der Waals surface area (Å²) < 4.78 is 7.00. The van der Waals surface area contributed by atoms with E-state index < -0.39 is 0 Å². The van der Waals surface area contributed by atoms with Gasteiger partial charge >= 0.3 is 0 Å². The third kappa shape index (κ3) is 2.42. The van der Waals surface area contributed by atoms with Gasteiger partial charge in [-0.3, -0.25) is 0 Å². The Kier molecular flexibility index (Phi) is 3.34. The molecule has 0 aromatic carbocycles. The number of aryl methyl sites for hydroxylation is 1. The number of hydrogen-bond acceptors (Lipinski definition) is 5.